The number of hydrogen-bond donors (Lipinski definition) is 2. The molecule has 4 heterocycles. The second-order valence-corrected chi connectivity index (χ2v) is 7.72. The van der Waals surface area contributed by atoms with Gasteiger partial charge in [0.25, 0.3) is 5.91 Å². The molecule has 0 unspecified atom stereocenters. The Labute approximate surface area is 178 Å². The minimum absolute atomic E-state index is 0.00809. The first kappa shape index (κ1) is 19.3. The van der Waals surface area contributed by atoms with Crippen molar-refractivity contribution < 1.29 is 14.0 Å². The number of nitrogens with zero attached hydrogens (tertiary/aromatic N) is 5. The van der Waals surface area contributed by atoms with E-state index in [0.29, 0.717) is 43.3 Å². The molecule has 2 fully saturated rings. The topological polar surface area (TPSA) is 126 Å². The molecule has 31 heavy (non-hydrogen) atoms. The van der Waals surface area contributed by atoms with Gasteiger partial charge in [-0.1, -0.05) is 18.2 Å². The molecule has 0 aliphatic carbocycles. The summed E-state index contributed by atoms with van der Waals surface area (Å²) in [5.41, 5.74) is 1.26. The molecule has 2 N–H and O–H groups in total. The molecule has 2 aliphatic rings. The van der Waals surface area contributed by atoms with Crippen molar-refractivity contribution >= 4 is 11.8 Å². The lowest BCUT2D eigenvalue weighted by Gasteiger charge is -2.36. The zero-order valence-corrected chi connectivity index (χ0v) is 16.6. The van der Waals surface area contributed by atoms with E-state index in [2.05, 4.69) is 35.7 Å². The van der Waals surface area contributed by atoms with Crippen molar-refractivity contribution in [2.45, 2.75) is 31.0 Å². The van der Waals surface area contributed by atoms with Crippen molar-refractivity contribution in [3.05, 3.63) is 60.5 Å². The van der Waals surface area contributed by atoms with Crippen molar-refractivity contribution in [2.75, 3.05) is 13.1 Å². The number of rotatable bonds is 5. The van der Waals surface area contributed by atoms with Crippen molar-refractivity contribution in [3.8, 4) is 11.5 Å². The summed E-state index contributed by atoms with van der Waals surface area (Å²) in [6.07, 6.45) is 5.38. The first-order chi connectivity index (χ1) is 15.2. The second-order valence-electron chi connectivity index (χ2n) is 7.72. The van der Waals surface area contributed by atoms with E-state index in [-0.39, 0.29) is 29.9 Å². The molecule has 0 radical (unpaired) electrons. The zero-order chi connectivity index (χ0) is 21.2. The van der Waals surface area contributed by atoms with Crippen LogP contribution in [-0.4, -0.2) is 68.1 Å². The third kappa shape index (κ3) is 4.02. The lowest BCUT2D eigenvalue weighted by Crippen LogP contribution is -2.58. The third-order valence-electron chi connectivity index (χ3n) is 5.68. The molecule has 5 rings (SSSR count). The number of amides is 2. The van der Waals surface area contributed by atoms with Gasteiger partial charge in [0.2, 0.25) is 17.7 Å². The van der Waals surface area contributed by atoms with E-state index < -0.39 is 0 Å². The zero-order valence-electron chi connectivity index (χ0n) is 16.6. The molecule has 158 valence electrons. The maximum Gasteiger partial charge on any atom is 0.254 e. The Bertz CT molecular complexity index is 1070. The Hall–Kier alpha value is -3.66. The number of hydrogen-bond acceptors (Lipinski definition) is 8. The van der Waals surface area contributed by atoms with Gasteiger partial charge in [0.15, 0.2) is 0 Å². The van der Waals surface area contributed by atoms with Crippen LogP contribution in [0.2, 0.25) is 0 Å². The van der Waals surface area contributed by atoms with E-state index in [1.165, 1.54) is 18.7 Å². The summed E-state index contributed by atoms with van der Waals surface area (Å²) in [5, 5.41) is 14.3. The average molecular weight is 419 g/mol. The quantitative estimate of drug-likeness (QED) is 0.610. The van der Waals surface area contributed by atoms with Crippen molar-refractivity contribution in [1.82, 2.24) is 35.7 Å². The van der Waals surface area contributed by atoms with E-state index >= 15 is 0 Å². The van der Waals surface area contributed by atoms with E-state index in [1.807, 2.05) is 30.3 Å². The number of carbonyl (C=O) groups is 2. The fraction of sp³-hybridized carbons (Fsp3) is 0.333. The summed E-state index contributed by atoms with van der Waals surface area (Å²) in [4.78, 5) is 34.8. The molecule has 2 aliphatic heterocycles. The number of nitrogens with one attached hydrogen (secondary N) is 2. The fourth-order valence-electron chi connectivity index (χ4n) is 4.19. The van der Waals surface area contributed by atoms with Crippen LogP contribution < -0.4 is 10.6 Å². The van der Waals surface area contributed by atoms with Crippen LogP contribution in [0.4, 0.5) is 0 Å². The SMILES string of the molecule is O=C(N[C@H]1C[C@H]2C(=O)NC[C@@H](Cc3nnc(-c4ccccc4)o3)N2C1)c1cncnc1. The highest BCUT2D eigenvalue weighted by Crippen LogP contribution is 2.26. The Balaban J connectivity index is 1.26. The van der Waals surface area contributed by atoms with Crippen LogP contribution in [-0.2, 0) is 11.2 Å². The van der Waals surface area contributed by atoms with Crippen molar-refractivity contribution in [1.29, 1.82) is 0 Å². The standard InChI is InChI=1S/C21H21N7O3/c29-19(14-8-22-12-23-9-14)25-15-6-17-20(30)24-10-16(28(17)11-15)7-18-26-27-21(31-18)13-4-2-1-3-5-13/h1-5,8-9,12,15-17H,6-7,10-11H2,(H,24,30)(H,25,29)/t15-,16+,17-/m0/s1. The van der Waals surface area contributed by atoms with Gasteiger partial charge in [0.1, 0.15) is 6.33 Å². The molecular weight excluding hydrogens is 398 g/mol. The molecule has 3 aromatic rings. The number of aromatic nitrogens is 4. The van der Waals surface area contributed by atoms with Gasteiger partial charge in [0.05, 0.1) is 11.6 Å². The summed E-state index contributed by atoms with van der Waals surface area (Å²) in [6.45, 7) is 1.06. The number of piperazine rings is 1. The predicted octanol–water partition coefficient (Wildman–Crippen LogP) is 0.440. The summed E-state index contributed by atoms with van der Waals surface area (Å²) < 4.78 is 5.85. The largest absolute Gasteiger partial charge is 0.421 e. The van der Waals surface area contributed by atoms with Gasteiger partial charge in [-0.05, 0) is 18.6 Å². The minimum Gasteiger partial charge on any atom is -0.421 e. The predicted molar refractivity (Wildman–Crippen MR) is 109 cm³/mol. The number of fused-ring (bicyclic) bond motifs is 1. The van der Waals surface area contributed by atoms with Crippen LogP contribution >= 0.6 is 0 Å². The van der Waals surface area contributed by atoms with Gasteiger partial charge >= 0.3 is 0 Å². The van der Waals surface area contributed by atoms with Crippen LogP contribution in [0.25, 0.3) is 11.5 Å². The molecule has 2 amide bonds. The van der Waals surface area contributed by atoms with Crippen molar-refractivity contribution in [2.24, 2.45) is 0 Å². The van der Waals surface area contributed by atoms with Gasteiger partial charge in [-0.15, -0.1) is 10.2 Å². The molecule has 0 spiro atoms. The van der Waals surface area contributed by atoms with Crippen LogP contribution in [0.3, 0.4) is 0 Å². The van der Waals surface area contributed by atoms with Crippen LogP contribution in [0, 0.1) is 0 Å². The molecule has 10 nitrogen and oxygen atoms in total. The van der Waals surface area contributed by atoms with Gasteiger partial charge in [-0.3, -0.25) is 14.5 Å². The number of benzene rings is 1. The van der Waals surface area contributed by atoms with Crippen LogP contribution in [0.5, 0.6) is 0 Å². The fourth-order valence-corrected chi connectivity index (χ4v) is 4.19. The monoisotopic (exact) mass is 419 g/mol. The van der Waals surface area contributed by atoms with Crippen LogP contribution in [0.1, 0.15) is 22.7 Å². The molecule has 1 aromatic carbocycles. The molecule has 0 saturated carbocycles. The smallest absolute Gasteiger partial charge is 0.254 e. The highest BCUT2D eigenvalue weighted by molar-refractivity contribution is 5.94. The molecular formula is C21H21N7O3. The Morgan fingerprint density at radius 1 is 1.19 bits per heavy atom. The van der Waals surface area contributed by atoms with E-state index in [0.717, 1.165) is 5.56 Å². The van der Waals surface area contributed by atoms with Gasteiger partial charge in [-0.25, -0.2) is 9.97 Å². The molecule has 0 bridgehead atoms. The third-order valence-corrected chi connectivity index (χ3v) is 5.68. The van der Waals surface area contributed by atoms with Crippen LogP contribution in [0.15, 0.2) is 53.5 Å². The number of carbonyl (C=O) groups excluding carboxylic acids is 2. The van der Waals surface area contributed by atoms with E-state index in [9.17, 15) is 9.59 Å². The van der Waals surface area contributed by atoms with E-state index in [1.54, 1.807) is 0 Å². The molecule has 2 aromatic heterocycles. The summed E-state index contributed by atoms with van der Waals surface area (Å²) in [7, 11) is 0. The first-order valence-corrected chi connectivity index (χ1v) is 10.1. The lowest BCUT2D eigenvalue weighted by atomic mass is 10.1. The summed E-state index contributed by atoms with van der Waals surface area (Å²) in [5.74, 6) is 0.731. The summed E-state index contributed by atoms with van der Waals surface area (Å²) in [6, 6.07) is 9.16. The second kappa shape index (κ2) is 8.23. The van der Waals surface area contributed by atoms with E-state index in [4.69, 9.17) is 4.42 Å². The lowest BCUT2D eigenvalue weighted by molar-refractivity contribution is -0.129. The molecule has 2 saturated heterocycles. The first-order valence-electron chi connectivity index (χ1n) is 10.1. The normalized spacial score (nSPS) is 23.2. The Morgan fingerprint density at radius 3 is 2.81 bits per heavy atom. The maximum absolute atomic E-state index is 12.5. The van der Waals surface area contributed by atoms with Gasteiger partial charge < -0.3 is 15.1 Å². The molecule has 10 heteroatoms. The summed E-state index contributed by atoms with van der Waals surface area (Å²) >= 11 is 0. The Morgan fingerprint density at radius 2 is 2.00 bits per heavy atom. The van der Waals surface area contributed by atoms with Gasteiger partial charge in [-0.2, -0.15) is 0 Å². The average Bonchev–Trinajstić information content (AvgIpc) is 3.45. The minimum atomic E-state index is -0.299. The Kier molecular flexibility index (Phi) is 5.13. The maximum atomic E-state index is 12.5. The highest BCUT2D eigenvalue weighted by atomic mass is 16.4. The molecule has 3 atom stereocenters. The van der Waals surface area contributed by atoms with Crippen molar-refractivity contribution in [3.63, 3.8) is 0 Å². The highest BCUT2D eigenvalue weighted by Gasteiger charge is 2.44. The van der Waals surface area contributed by atoms with Gasteiger partial charge in [0, 0.05) is 49.6 Å².